The molecule has 0 aromatic heterocycles. The maximum atomic E-state index is 12.3. The molecule has 1 atom stereocenters. The van der Waals surface area contributed by atoms with Crippen molar-refractivity contribution in [2.45, 2.75) is 31.2 Å². The Hall–Kier alpha value is -0.300. The third-order valence-electron chi connectivity index (χ3n) is 1.72. The van der Waals surface area contributed by atoms with E-state index in [4.69, 9.17) is 5.73 Å². The van der Waals surface area contributed by atoms with Crippen LogP contribution in [0.5, 0.6) is 0 Å². The van der Waals surface area contributed by atoms with E-state index >= 15 is 0 Å². The molecule has 0 bridgehead atoms. The zero-order valence-corrected chi connectivity index (χ0v) is 8.66. The Morgan fingerprint density at radius 3 is 2.14 bits per heavy atom. The molecule has 0 saturated carbocycles. The minimum absolute atomic E-state index is 0.180. The van der Waals surface area contributed by atoms with Crippen LogP contribution in [0.15, 0.2) is 0 Å². The molecule has 0 fully saturated rings. The fourth-order valence-corrected chi connectivity index (χ4v) is 2.88. The van der Waals surface area contributed by atoms with Crippen molar-refractivity contribution in [3.05, 3.63) is 0 Å². The molecule has 1 unspecified atom stereocenters. The molecule has 0 aliphatic heterocycles. The van der Waals surface area contributed by atoms with Crippen LogP contribution in [0.1, 0.15) is 19.8 Å². The maximum Gasteiger partial charge on any atom is 0.405 e. The van der Waals surface area contributed by atoms with Crippen LogP contribution in [0.4, 0.5) is 13.2 Å². The van der Waals surface area contributed by atoms with Crippen LogP contribution in [0.2, 0.25) is 0 Å². The molecule has 86 valence electrons. The lowest BCUT2D eigenvalue weighted by atomic mass is 10.3. The van der Waals surface area contributed by atoms with E-state index in [2.05, 4.69) is 0 Å². The average Bonchev–Trinajstić information content (AvgIpc) is 1.97. The van der Waals surface area contributed by atoms with Gasteiger partial charge < -0.3 is 5.73 Å². The van der Waals surface area contributed by atoms with Crippen LogP contribution in [-0.4, -0.2) is 32.1 Å². The molecule has 3 nitrogen and oxygen atoms in total. The fraction of sp³-hybridized carbons (Fsp3) is 1.00. The van der Waals surface area contributed by atoms with Gasteiger partial charge in [0.05, 0.1) is 5.75 Å². The van der Waals surface area contributed by atoms with Gasteiger partial charge in [-0.15, -0.1) is 0 Å². The van der Waals surface area contributed by atoms with Crippen LogP contribution in [0.25, 0.3) is 0 Å². The number of hydrogen-bond acceptors (Lipinski definition) is 3. The molecule has 0 saturated heterocycles. The van der Waals surface area contributed by atoms with Crippen molar-refractivity contribution in [1.82, 2.24) is 0 Å². The molecule has 0 aliphatic rings. The quantitative estimate of drug-likeness (QED) is 0.773. The van der Waals surface area contributed by atoms with Gasteiger partial charge in [0, 0.05) is 0 Å². The van der Waals surface area contributed by atoms with Gasteiger partial charge in [0.15, 0.2) is 15.1 Å². The predicted octanol–water partition coefficient (Wildman–Crippen LogP) is 1.09. The highest BCUT2D eigenvalue weighted by Gasteiger charge is 2.47. The second kappa shape index (κ2) is 4.97. The van der Waals surface area contributed by atoms with Gasteiger partial charge in [-0.25, -0.2) is 8.42 Å². The van der Waals surface area contributed by atoms with Crippen molar-refractivity contribution in [3.8, 4) is 0 Å². The van der Waals surface area contributed by atoms with E-state index in [1.54, 1.807) is 0 Å². The Morgan fingerprint density at radius 1 is 1.36 bits per heavy atom. The largest absolute Gasteiger partial charge is 0.405 e. The summed E-state index contributed by atoms with van der Waals surface area (Å²) in [5, 5.41) is -2.31. The smallest absolute Gasteiger partial charge is 0.330 e. The van der Waals surface area contributed by atoms with Crippen molar-refractivity contribution >= 4 is 9.84 Å². The molecule has 0 heterocycles. The molecule has 14 heavy (non-hydrogen) atoms. The standard InChI is InChI=1S/C7H14F3NO2S/c1-2-5-14(12,13)6(3-4-11)7(8,9)10/h6H,2-5,11H2,1H3. The van der Waals surface area contributed by atoms with Gasteiger partial charge >= 0.3 is 6.18 Å². The van der Waals surface area contributed by atoms with Gasteiger partial charge in [0.1, 0.15) is 0 Å². The lowest BCUT2D eigenvalue weighted by molar-refractivity contribution is -0.131. The average molecular weight is 233 g/mol. The zero-order chi connectivity index (χ0) is 11.4. The van der Waals surface area contributed by atoms with Gasteiger partial charge in [0.2, 0.25) is 0 Å². The first-order chi connectivity index (χ1) is 6.25. The number of rotatable bonds is 5. The summed E-state index contributed by atoms with van der Waals surface area (Å²) >= 11 is 0. The Kier molecular flexibility index (Phi) is 4.87. The molecular formula is C7H14F3NO2S. The lowest BCUT2D eigenvalue weighted by Crippen LogP contribution is -2.39. The van der Waals surface area contributed by atoms with Crippen LogP contribution >= 0.6 is 0 Å². The number of sulfone groups is 1. The summed E-state index contributed by atoms with van der Waals surface area (Å²) in [6.45, 7) is 1.24. The number of halogens is 3. The minimum atomic E-state index is -4.71. The Labute approximate surface area is 81.4 Å². The van der Waals surface area contributed by atoms with Gasteiger partial charge in [0.25, 0.3) is 0 Å². The van der Waals surface area contributed by atoms with E-state index in [1.165, 1.54) is 6.92 Å². The van der Waals surface area contributed by atoms with Crippen LogP contribution < -0.4 is 5.73 Å². The molecule has 0 aliphatic carbocycles. The minimum Gasteiger partial charge on any atom is -0.330 e. The van der Waals surface area contributed by atoms with Crippen molar-refractivity contribution < 1.29 is 21.6 Å². The van der Waals surface area contributed by atoms with Gasteiger partial charge in [-0.2, -0.15) is 13.2 Å². The normalized spacial score (nSPS) is 15.5. The van der Waals surface area contributed by atoms with Gasteiger partial charge in [-0.3, -0.25) is 0 Å². The highest BCUT2D eigenvalue weighted by molar-refractivity contribution is 7.92. The lowest BCUT2D eigenvalue weighted by Gasteiger charge is -2.19. The summed E-state index contributed by atoms with van der Waals surface area (Å²) in [6.07, 6.45) is -5.10. The first-order valence-corrected chi connectivity index (χ1v) is 5.95. The van der Waals surface area contributed by atoms with Crippen molar-refractivity contribution in [3.63, 3.8) is 0 Å². The van der Waals surface area contributed by atoms with Crippen molar-refractivity contribution in [2.75, 3.05) is 12.3 Å². The second-order valence-corrected chi connectivity index (χ2v) is 5.28. The summed E-state index contributed by atoms with van der Waals surface area (Å²) in [5.41, 5.74) is 4.95. The predicted molar refractivity (Wildman–Crippen MR) is 47.6 cm³/mol. The summed E-state index contributed by atoms with van der Waals surface area (Å²) in [7, 11) is -4.10. The van der Waals surface area contributed by atoms with E-state index < -0.39 is 33.4 Å². The van der Waals surface area contributed by atoms with Gasteiger partial charge in [-0.05, 0) is 19.4 Å². The van der Waals surface area contributed by atoms with Crippen LogP contribution in [0, 0.1) is 0 Å². The third-order valence-corrected chi connectivity index (χ3v) is 4.06. The second-order valence-electron chi connectivity index (χ2n) is 2.97. The first kappa shape index (κ1) is 13.7. The number of hydrogen-bond donors (Lipinski definition) is 1. The Morgan fingerprint density at radius 2 is 1.86 bits per heavy atom. The van der Waals surface area contributed by atoms with E-state index in [0.29, 0.717) is 0 Å². The SMILES string of the molecule is CCCS(=O)(=O)C(CCN)C(F)(F)F. The molecular weight excluding hydrogens is 219 g/mol. The summed E-state index contributed by atoms with van der Waals surface area (Å²) in [5.74, 6) is -0.447. The topological polar surface area (TPSA) is 60.2 Å². The molecule has 0 rings (SSSR count). The first-order valence-electron chi connectivity index (χ1n) is 4.24. The molecule has 0 aromatic carbocycles. The third kappa shape index (κ3) is 3.83. The van der Waals surface area contributed by atoms with Crippen LogP contribution in [0.3, 0.4) is 0 Å². The van der Waals surface area contributed by atoms with Crippen molar-refractivity contribution in [2.24, 2.45) is 5.73 Å². The van der Waals surface area contributed by atoms with E-state index in [9.17, 15) is 21.6 Å². The van der Waals surface area contributed by atoms with Gasteiger partial charge in [-0.1, -0.05) is 6.92 Å². The fourth-order valence-electron chi connectivity index (χ4n) is 1.12. The summed E-state index contributed by atoms with van der Waals surface area (Å²) in [4.78, 5) is 0. The molecule has 0 amide bonds. The van der Waals surface area contributed by atoms with E-state index in [1.807, 2.05) is 0 Å². The molecule has 0 radical (unpaired) electrons. The summed E-state index contributed by atoms with van der Waals surface area (Å²) in [6, 6.07) is 0. The zero-order valence-electron chi connectivity index (χ0n) is 7.84. The molecule has 0 aromatic rings. The van der Waals surface area contributed by atoms with Crippen molar-refractivity contribution in [1.29, 1.82) is 0 Å². The highest BCUT2D eigenvalue weighted by Crippen LogP contribution is 2.28. The highest BCUT2D eigenvalue weighted by atomic mass is 32.2. The van der Waals surface area contributed by atoms with E-state index in [0.717, 1.165) is 0 Å². The Balaban J connectivity index is 4.83. The number of nitrogens with two attached hydrogens (primary N) is 1. The molecule has 7 heteroatoms. The molecule has 0 spiro atoms. The summed E-state index contributed by atoms with van der Waals surface area (Å²) < 4.78 is 59.3. The molecule has 2 N–H and O–H groups in total. The Bertz CT molecular complexity index is 261. The van der Waals surface area contributed by atoms with Crippen LogP contribution in [-0.2, 0) is 9.84 Å². The maximum absolute atomic E-state index is 12.3. The van der Waals surface area contributed by atoms with E-state index in [-0.39, 0.29) is 13.0 Å². The number of alkyl halides is 3. The monoisotopic (exact) mass is 233 g/mol.